The molecule has 0 saturated carbocycles. The average molecular weight is 412 g/mol. The summed E-state index contributed by atoms with van der Waals surface area (Å²) in [5, 5.41) is 27.2. The number of aliphatic carboxylic acids is 1. The molecule has 3 atom stereocenters. The number of aryl methyl sites for hydroxylation is 1. The maximum absolute atomic E-state index is 13.0. The van der Waals surface area contributed by atoms with Crippen molar-refractivity contribution in [1.82, 2.24) is 0 Å². The third-order valence-electron chi connectivity index (χ3n) is 5.08. The largest absolute Gasteiger partial charge is 0.478 e. The standard InChI is InChI=1S/C19H24O8S/c1-12-3-2-4-13(7-12)11-28(24,25)17-5-6-19(8-14(17)18(22)23)26-15(9-20)16(10-21)27-19/h2-4,7-8,15-17,20-21H,5-6,9-11H2,1H3,(H,22,23)/t15-,16-,17?/m1/s1. The predicted octanol–water partition coefficient (Wildman–Crippen LogP) is 0.548. The lowest BCUT2D eigenvalue weighted by molar-refractivity contribution is -0.153. The summed E-state index contributed by atoms with van der Waals surface area (Å²) >= 11 is 0. The minimum atomic E-state index is -3.79. The van der Waals surface area contributed by atoms with Crippen molar-refractivity contribution in [1.29, 1.82) is 0 Å². The number of aliphatic hydroxyl groups excluding tert-OH is 2. The molecule has 1 spiro atoms. The normalized spacial score (nSPS) is 27.0. The molecule has 1 aromatic rings. The van der Waals surface area contributed by atoms with E-state index < -0.39 is 52.3 Å². The second-order valence-corrected chi connectivity index (χ2v) is 9.40. The molecule has 1 aliphatic heterocycles. The van der Waals surface area contributed by atoms with Crippen LogP contribution in [0.4, 0.5) is 0 Å². The number of aliphatic hydroxyl groups is 2. The van der Waals surface area contributed by atoms with Crippen LogP contribution >= 0.6 is 0 Å². The van der Waals surface area contributed by atoms with Crippen LogP contribution in [0.2, 0.25) is 0 Å². The molecule has 1 heterocycles. The molecule has 3 N–H and O–H groups in total. The van der Waals surface area contributed by atoms with Crippen molar-refractivity contribution in [3.63, 3.8) is 0 Å². The number of benzene rings is 1. The lowest BCUT2D eigenvalue weighted by atomic mass is 9.94. The van der Waals surface area contributed by atoms with Gasteiger partial charge in [0.05, 0.1) is 29.8 Å². The van der Waals surface area contributed by atoms with Gasteiger partial charge in [-0.05, 0) is 25.0 Å². The van der Waals surface area contributed by atoms with Crippen molar-refractivity contribution >= 4 is 15.8 Å². The number of hydrogen-bond acceptors (Lipinski definition) is 7. The second kappa shape index (κ2) is 7.92. The van der Waals surface area contributed by atoms with Crippen LogP contribution in [0.1, 0.15) is 24.0 Å². The first-order valence-electron chi connectivity index (χ1n) is 9.00. The number of sulfone groups is 1. The fraction of sp³-hybridized carbons (Fsp3) is 0.526. The van der Waals surface area contributed by atoms with Gasteiger partial charge in [0.15, 0.2) is 15.6 Å². The molecule has 0 radical (unpaired) electrons. The second-order valence-electron chi connectivity index (χ2n) is 7.22. The van der Waals surface area contributed by atoms with Crippen molar-refractivity contribution in [2.24, 2.45) is 0 Å². The summed E-state index contributed by atoms with van der Waals surface area (Å²) in [5.74, 6) is -3.08. The highest BCUT2D eigenvalue weighted by molar-refractivity contribution is 7.91. The van der Waals surface area contributed by atoms with Crippen LogP contribution in [0.25, 0.3) is 0 Å². The zero-order chi connectivity index (χ0) is 20.5. The lowest BCUT2D eigenvalue weighted by Gasteiger charge is -2.33. The molecular weight excluding hydrogens is 388 g/mol. The van der Waals surface area contributed by atoms with E-state index in [1.807, 2.05) is 13.0 Å². The lowest BCUT2D eigenvalue weighted by Crippen LogP contribution is -2.41. The van der Waals surface area contributed by atoms with Crippen molar-refractivity contribution in [3.05, 3.63) is 47.0 Å². The number of carboxylic acids is 1. The minimum Gasteiger partial charge on any atom is -0.478 e. The molecule has 154 valence electrons. The molecular formula is C19H24O8S. The van der Waals surface area contributed by atoms with Crippen molar-refractivity contribution < 1.29 is 38.0 Å². The Labute approximate surface area is 163 Å². The number of carboxylic acid groups (broad SMARTS) is 1. The first kappa shape index (κ1) is 20.9. The molecule has 0 bridgehead atoms. The summed E-state index contributed by atoms with van der Waals surface area (Å²) in [7, 11) is -3.79. The molecule has 1 aromatic carbocycles. The van der Waals surface area contributed by atoms with Crippen LogP contribution in [-0.2, 0) is 29.9 Å². The number of hydrogen-bond donors (Lipinski definition) is 3. The van der Waals surface area contributed by atoms with Gasteiger partial charge >= 0.3 is 5.97 Å². The topological polar surface area (TPSA) is 130 Å². The highest BCUT2D eigenvalue weighted by Crippen LogP contribution is 2.41. The predicted molar refractivity (Wildman–Crippen MR) is 99.2 cm³/mol. The Balaban J connectivity index is 1.90. The van der Waals surface area contributed by atoms with Gasteiger partial charge in [0.25, 0.3) is 0 Å². The quantitative estimate of drug-likeness (QED) is 0.617. The van der Waals surface area contributed by atoms with E-state index in [-0.39, 0.29) is 24.2 Å². The van der Waals surface area contributed by atoms with E-state index in [4.69, 9.17) is 9.47 Å². The molecule has 28 heavy (non-hydrogen) atoms. The van der Waals surface area contributed by atoms with Gasteiger partial charge < -0.3 is 24.8 Å². The van der Waals surface area contributed by atoms with E-state index in [0.717, 1.165) is 5.56 Å². The maximum atomic E-state index is 13.0. The Kier molecular flexibility index (Phi) is 5.92. The Hall–Kier alpha value is -1.78. The third-order valence-corrected chi connectivity index (χ3v) is 7.18. The van der Waals surface area contributed by atoms with Crippen molar-refractivity contribution in [3.8, 4) is 0 Å². The highest BCUT2D eigenvalue weighted by Gasteiger charge is 2.51. The summed E-state index contributed by atoms with van der Waals surface area (Å²) in [6, 6.07) is 7.06. The molecule has 3 rings (SSSR count). The molecule has 1 fully saturated rings. The number of rotatable bonds is 6. The maximum Gasteiger partial charge on any atom is 0.332 e. The van der Waals surface area contributed by atoms with E-state index in [2.05, 4.69) is 0 Å². The van der Waals surface area contributed by atoms with Crippen molar-refractivity contribution in [2.45, 2.75) is 48.8 Å². The fourth-order valence-electron chi connectivity index (χ4n) is 3.78. The fourth-order valence-corrected chi connectivity index (χ4v) is 5.66. The zero-order valence-corrected chi connectivity index (χ0v) is 16.3. The van der Waals surface area contributed by atoms with Crippen molar-refractivity contribution in [2.75, 3.05) is 13.2 Å². The van der Waals surface area contributed by atoms with E-state index in [9.17, 15) is 28.5 Å². The van der Waals surface area contributed by atoms with Crippen LogP contribution in [0.3, 0.4) is 0 Å². The first-order valence-corrected chi connectivity index (χ1v) is 10.7. The van der Waals surface area contributed by atoms with E-state index >= 15 is 0 Å². The third kappa shape index (κ3) is 4.13. The summed E-state index contributed by atoms with van der Waals surface area (Å²) in [4.78, 5) is 11.8. The summed E-state index contributed by atoms with van der Waals surface area (Å²) in [5.41, 5.74) is 1.20. The van der Waals surface area contributed by atoms with E-state index in [1.54, 1.807) is 18.2 Å². The van der Waals surface area contributed by atoms with Crippen LogP contribution in [0.5, 0.6) is 0 Å². The molecule has 9 heteroatoms. The van der Waals surface area contributed by atoms with Crippen LogP contribution in [0, 0.1) is 6.92 Å². The summed E-state index contributed by atoms with van der Waals surface area (Å²) < 4.78 is 37.2. The Morgan fingerprint density at radius 2 is 1.86 bits per heavy atom. The van der Waals surface area contributed by atoms with Crippen LogP contribution in [0.15, 0.2) is 35.9 Å². The summed E-state index contributed by atoms with van der Waals surface area (Å²) in [6.45, 7) is 1.05. The SMILES string of the molecule is Cc1cccc(CS(=O)(=O)C2CCC3(C=C2C(=O)O)O[C@H](CO)[C@@H](CO)O3)c1. The molecule has 1 aliphatic carbocycles. The van der Waals surface area contributed by atoms with Gasteiger partial charge in [0.2, 0.25) is 0 Å². The van der Waals surface area contributed by atoms with E-state index in [1.165, 1.54) is 6.08 Å². The molecule has 0 aromatic heterocycles. The number of ether oxygens (including phenoxy) is 2. The van der Waals surface area contributed by atoms with Gasteiger partial charge in [-0.2, -0.15) is 0 Å². The monoisotopic (exact) mass is 412 g/mol. The Morgan fingerprint density at radius 1 is 1.21 bits per heavy atom. The number of carbonyl (C=O) groups is 1. The molecule has 1 unspecified atom stereocenters. The smallest absolute Gasteiger partial charge is 0.332 e. The van der Waals surface area contributed by atoms with Gasteiger partial charge in [-0.1, -0.05) is 29.8 Å². The van der Waals surface area contributed by atoms with Gasteiger partial charge in [-0.15, -0.1) is 0 Å². The zero-order valence-electron chi connectivity index (χ0n) is 15.4. The molecule has 8 nitrogen and oxygen atoms in total. The Morgan fingerprint density at radius 3 is 2.39 bits per heavy atom. The Bertz CT molecular complexity index is 864. The molecule has 1 saturated heterocycles. The van der Waals surface area contributed by atoms with Crippen LogP contribution < -0.4 is 0 Å². The summed E-state index contributed by atoms with van der Waals surface area (Å²) in [6.07, 6.45) is -0.333. The van der Waals surface area contributed by atoms with Gasteiger partial charge in [-0.3, -0.25) is 0 Å². The van der Waals surface area contributed by atoms with Gasteiger partial charge in [0, 0.05) is 6.42 Å². The average Bonchev–Trinajstić information content (AvgIpc) is 2.98. The minimum absolute atomic E-state index is 0.00256. The highest BCUT2D eigenvalue weighted by atomic mass is 32.2. The van der Waals surface area contributed by atoms with Crippen LogP contribution in [-0.4, -0.2) is 66.2 Å². The van der Waals surface area contributed by atoms with Gasteiger partial charge in [0.1, 0.15) is 12.2 Å². The molecule has 2 aliphatic rings. The first-order chi connectivity index (χ1) is 13.2. The van der Waals surface area contributed by atoms with E-state index in [0.29, 0.717) is 5.56 Å². The molecule has 0 amide bonds. The van der Waals surface area contributed by atoms with Gasteiger partial charge in [-0.25, -0.2) is 13.2 Å².